The van der Waals surface area contributed by atoms with Crippen LogP contribution in [-0.2, 0) is 0 Å². The van der Waals surface area contributed by atoms with E-state index in [9.17, 15) is 0 Å². The van der Waals surface area contributed by atoms with E-state index in [2.05, 4.69) is 151 Å². The van der Waals surface area contributed by atoms with E-state index in [1.54, 1.807) is 0 Å². The van der Waals surface area contributed by atoms with Crippen molar-refractivity contribution in [2.45, 2.75) is 0 Å². The van der Waals surface area contributed by atoms with Crippen molar-refractivity contribution in [3.05, 3.63) is 194 Å². The lowest BCUT2D eigenvalue weighted by atomic mass is 9.86. The third-order valence-electron chi connectivity index (χ3n) is 9.43. The summed E-state index contributed by atoms with van der Waals surface area (Å²) in [4.78, 5) is 19.5. The number of pyridine rings is 1. The highest BCUT2D eigenvalue weighted by atomic mass is 15.0. The fourth-order valence-electron chi connectivity index (χ4n) is 6.79. The summed E-state index contributed by atoms with van der Waals surface area (Å²) in [6.45, 7) is 0. The number of hydrogen-bond acceptors (Lipinski definition) is 4. The van der Waals surface area contributed by atoms with Crippen LogP contribution in [0.3, 0.4) is 0 Å². The second-order valence-electron chi connectivity index (χ2n) is 12.7. The Balaban J connectivity index is 1.19. The molecule has 0 spiro atoms. The highest BCUT2D eigenvalue weighted by Crippen LogP contribution is 2.42. The molecule has 7 aromatic carbocycles. The van der Waals surface area contributed by atoms with Gasteiger partial charge >= 0.3 is 0 Å². The maximum atomic E-state index is 5.04. The first-order valence-electron chi connectivity index (χ1n) is 17.4. The number of nitrogens with zero attached hydrogens (tertiary/aromatic N) is 4. The van der Waals surface area contributed by atoms with Crippen molar-refractivity contribution in [3.63, 3.8) is 0 Å². The third-order valence-corrected chi connectivity index (χ3v) is 9.43. The molecule has 0 atom stereocenters. The predicted molar refractivity (Wildman–Crippen MR) is 213 cm³/mol. The summed E-state index contributed by atoms with van der Waals surface area (Å²) in [6.07, 6.45) is 3.76. The molecule has 0 N–H and O–H groups in total. The van der Waals surface area contributed by atoms with Gasteiger partial charge in [0.1, 0.15) is 0 Å². The van der Waals surface area contributed by atoms with E-state index in [1.165, 1.54) is 5.39 Å². The van der Waals surface area contributed by atoms with E-state index in [0.717, 1.165) is 66.6 Å². The van der Waals surface area contributed by atoms with Crippen molar-refractivity contribution >= 4 is 10.8 Å². The fraction of sp³-hybridized carbons (Fsp3) is 0. The number of fused-ring (bicyclic) bond motifs is 1. The lowest BCUT2D eigenvalue weighted by Crippen LogP contribution is -2.00. The summed E-state index contributed by atoms with van der Waals surface area (Å²) in [5, 5.41) is 2.32. The molecule has 0 aliphatic heterocycles. The predicted octanol–water partition coefficient (Wildman–Crippen LogP) is 12.1. The molecule has 0 saturated heterocycles. The van der Waals surface area contributed by atoms with Gasteiger partial charge in [0.2, 0.25) is 0 Å². The molecule has 2 aromatic heterocycles. The van der Waals surface area contributed by atoms with Gasteiger partial charge in [-0.1, -0.05) is 158 Å². The molecule has 0 fully saturated rings. The van der Waals surface area contributed by atoms with E-state index in [1.807, 2.05) is 48.8 Å². The van der Waals surface area contributed by atoms with Gasteiger partial charge in [0.05, 0.1) is 0 Å². The van der Waals surface area contributed by atoms with Crippen molar-refractivity contribution in [2.75, 3.05) is 0 Å². The molecular formula is C48H32N4. The molecule has 0 aliphatic carbocycles. The number of hydrogen-bond donors (Lipinski definition) is 0. The summed E-state index contributed by atoms with van der Waals surface area (Å²) in [5.41, 5.74) is 11.9. The summed E-state index contributed by atoms with van der Waals surface area (Å²) < 4.78 is 0. The first-order chi connectivity index (χ1) is 25.8. The molecule has 0 aliphatic rings. The SMILES string of the molecule is c1ccc(-c2nc(-c3ccc(-c4cc(-c5ccccc5)c(-c5cccnc5)cc4-c4ccccc4)cc3)nc(-c3ccc4ccccc4c3)n2)cc1. The highest BCUT2D eigenvalue weighted by Gasteiger charge is 2.17. The maximum Gasteiger partial charge on any atom is 0.164 e. The number of aromatic nitrogens is 4. The maximum absolute atomic E-state index is 5.04. The second kappa shape index (κ2) is 13.7. The Morgan fingerprint density at radius 2 is 0.673 bits per heavy atom. The van der Waals surface area contributed by atoms with Gasteiger partial charge in [-0.05, 0) is 74.0 Å². The average Bonchev–Trinajstić information content (AvgIpc) is 3.24. The molecule has 52 heavy (non-hydrogen) atoms. The zero-order valence-electron chi connectivity index (χ0n) is 28.3. The molecule has 9 aromatic rings. The van der Waals surface area contributed by atoms with Gasteiger partial charge in [0.25, 0.3) is 0 Å². The Labute approximate surface area is 302 Å². The Bertz CT molecular complexity index is 2640. The molecular weight excluding hydrogens is 633 g/mol. The third kappa shape index (κ3) is 6.14. The van der Waals surface area contributed by atoms with E-state index in [0.29, 0.717) is 17.5 Å². The summed E-state index contributed by atoms with van der Waals surface area (Å²) >= 11 is 0. The zero-order chi connectivity index (χ0) is 34.7. The highest BCUT2D eigenvalue weighted by molar-refractivity contribution is 5.95. The lowest BCUT2D eigenvalue weighted by molar-refractivity contribution is 1.07. The zero-order valence-corrected chi connectivity index (χ0v) is 28.3. The Morgan fingerprint density at radius 3 is 1.23 bits per heavy atom. The summed E-state index contributed by atoms with van der Waals surface area (Å²) in [5.74, 6) is 1.91. The van der Waals surface area contributed by atoms with Gasteiger partial charge in [-0.25, -0.2) is 15.0 Å². The summed E-state index contributed by atoms with van der Waals surface area (Å²) in [6, 6.07) is 63.3. The molecule has 0 saturated carbocycles. The minimum absolute atomic E-state index is 0.628. The van der Waals surface area contributed by atoms with Gasteiger partial charge in [0, 0.05) is 34.6 Å². The van der Waals surface area contributed by atoms with Crippen LogP contribution >= 0.6 is 0 Å². The topological polar surface area (TPSA) is 51.6 Å². The van der Waals surface area contributed by atoms with Crippen molar-refractivity contribution < 1.29 is 0 Å². The number of benzene rings is 7. The quantitative estimate of drug-likeness (QED) is 0.170. The molecule has 244 valence electrons. The largest absolute Gasteiger partial charge is 0.264 e. The van der Waals surface area contributed by atoms with Crippen LogP contribution in [0.1, 0.15) is 0 Å². The molecule has 4 nitrogen and oxygen atoms in total. The minimum Gasteiger partial charge on any atom is -0.264 e. The molecule has 0 unspecified atom stereocenters. The first-order valence-corrected chi connectivity index (χ1v) is 17.4. The van der Waals surface area contributed by atoms with Crippen molar-refractivity contribution in [2.24, 2.45) is 0 Å². The van der Waals surface area contributed by atoms with Gasteiger partial charge in [-0.15, -0.1) is 0 Å². The Morgan fingerprint density at radius 1 is 0.269 bits per heavy atom. The van der Waals surface area contributed by atoms with Crippen LogP contribution in [0.2, 0.25) is 0 Å². The summed E-state index contributed by atoms with van der Waals surface area (Å²) in [7, 11) is 0. The van der Waals surface area contributed by atoms with E-state index in [4.69, 9.17) is 15.0 Å². The van der Waals surface area contributed by atoms with Crippen LogP contribution in [0.5, 0.6) is 0 Å². The van der Waals surface area contributed by atoms with Crippen molar-refractivity contribution in [1.82, 2.24) is 19.9 Å². The van der Waals surface area contributed by atoms with Crippen LogP contribution in [0.4, 0.5) is 0 Å². The van der Waals surface area contributed by atoms with Gasteiger partial charge in [-0.3, -0.25) is 4.98 Å². The number of rotatable bonds is 7. The van der Waals surface area contributed by atoms with Crippen molar-refractivity contribution in [1.29, 1.82) is 0 Å². The van der Waals surface area contributed by atoms with Crippen LogP contribution in [0, 0.1) is 0 Å². The Hall–Kier alpha value is -7.04. The molecule has 2 heterocycles. The normalized spacial score (nSPS) is 11.1. The smallest absolute Gasteiger partial charge is 0.164 e. The average molecular weight is 665 g/mol. The van der Waals surface area contributed by atoms with E-state index in [-0.39, 0.29) is 0 Å². The van der Waals surface area contributed by atoms with Gasteiger partial charge in [-0.2, -0.15) is 0 Å². The fourth-order valence-corrected chi connectivity index (χ4v) is 6.79. The standard InChI is InChI=1S/C48H32N4/c1-4-14-34(15-5-1)42-31-45(41-21-12-28-49-32-41)43(35-16-6-2-7-17-35)30-44(42)36-23-25-38(26-24-36)47-50-46(37-18-8-3-9-19-37)51-48(52-47)40-27-22-33-13-10-11-20-39(33)29-40/h1-32H. The molecule has 0 radical (unpaired) electrons. The first kappa shape index (κ1) is 31.0. The van der Waals surface area contributed by atoms with Gasteiger partial charge < -0.3 is 0 Å². The van der Waals surface area contributed by atoms with Crippen LogP contribution in [0.15, 0.2) is 194 Å². The van der Waals surface area contributed by atoms with Gasteiger partial charge in [0.15, 0.2) is 17.5 Å². The molecule has 0 amide bonds. The minimum atomic E-state index is 0.628. The molecule has 9 rings (SSSR count). The van der Waals surface area contributed by atoms with Crippen LogP contribution in [-0.4, -0.2) is 19.9 Å². The monoisotopic (exact) mass is 664 g/mol. The van der Waals surface area contributed by atoms with E-state index < -0.39 is 0 Å². The van der Waals surface area contributed by atoms with Crippen molar-refractivity contribution in [3.8, 4) is 78.7 Å². The van der Waals surface area contributed by atoms with Crippen LogP contribution in [0.25, 0.3) is 89.4 Å². The lowest BCUT2D eigenvalue weighted by Gasteiger charge is -2.18. The van der Waals surface area contributed by atoms with E-state index >= 15 is 0 Å². The molecule has 4 heteroatoms. The van der Waals surface area contributed by atoms with Crippen LogP contribution < -0.4 is 0 Å². The molecule has 0 bridgehead atoms. The second-order valence-corrected chi connectivity index (χ2v) is 12.7. The Kier molecular flexibility index (Phi) is 8.16.